The second-order valence-electron chi connectivity index (χ2n) is 6.02. The van der Waals surface area contributed by atoms with Crippen LogP contribution in [0.4, 0.5) is 11.4 Å². The first-order chi connectivity index (χ1) is 14.3. The third-order valence-corrected chi connectivity index (χ3v) is 3.81. The summed E-state index contributed by atoms with van der Waals surface area (Å²) in [5, 5.41) is 24.4. The molecule has 0 unspecified atom stereocenters. The molecule has 0 bridgehead atoms. The summed E-state index contributed by atoms with van der Waals surface area (Å²) in [4.78, 5) is 55.6. The number of nitrogens with one attached hydrogen (secondary N) is 3. The van der Waals surface area contributed by atoms with Crippen LogP contribution in [0.2, 0.25) is 0 Å². The minimum atomic E-state index is -0.983. The molecule has 2 rings (SSSR count). The molecule has 2 aromatic rings. The topological polar surface area (TPSA) is 174 Å². The van der Waals surface area contributed by atoms with Gasteiger partial charge in [0.2, 0.25) is 11.8 Å². The van der Waals surface area contributed by atoms with E-state index in [0.29, 0.717) is 12.6 Å². The van der Waals surface area contributed by atoms with Crippen LogP contribution in [-0.2, 0) is 16.1 Å². The van der Waals surface area contributed by atoms with E-state index in [1.165, 1.54) is 0 Å². The van der Waals surface area contributed by atoms with Gasteiger partial charge in [0.25, 0.3) is 17.3 Å². The molecule has 30 heavy (non-hydrogen) atoms. The number of amides is 3. The SMILES string of the molecule is O=C(CCC(=O)NNC(=O)c1cc([N+](=O)[O-])cc([N+](=O)[O-])c1)NCc1ccccc1. The predicted octanol–water partition coefficient (Wildman–Crippen LogP) is 1.36. The number of carbonyl (C=O) groups excluding carboxylic acids is 3. The van der Waals surface area contributed by atoms with Crippen LogP contribution in [0, 0.1) is 20.2 Å². The van der Waals surface area contributed by atoms with Crippen molar-refractivity contribution in [2.75, 3.05) is 0 Å². The summed E-state index contributed by atoms with van der Waals surface area (Å²) in [6, 6.07) is 11.6. The second kappa shape index (κ2) is 10.3. The first-order valence-electron chi connectivity index (χ1n) is 8.60. The van der Waals surface area contributed by atoms with Crippen LogP contribution < -0.4 is 16.2 Å². The summed E-state index contributed by atoms with van der Waals surface area (Å²) in [5.74, 6) is -2.03. The fourth-order valence-corrected chi connectivity index (χ4v) is 2.31. The van der Waals surface area contributed by atoms with Gasteiger partial charge in [-0.25, -0.2) is 0 Å². The molecule has 0 heterocycles. The maximum atomic E-state index is 12.0. The summed E-state index contributed by atoms with van der Waals surface area (Å²) in [7, 11) is 0. The summed E-state index contributed by atoms with van der Waals surface area (Å²) in [6.07, 6.45) is -0.354. The van der Waals surface area contributed by atoms with Gasteiger partial charge in [0.05, 0.1) is 21.5 Å². The lowest BCUT2D eigenvalue weighted by Crippen LogP contribution is -2.42. The van der Waals surface area contributed by atoms with E-state index in [0.717, 1.165) is 17.7 Å². The van der Waals surface area contributed by atoms with Crippen molar-refractivity contribution in [1.29, 1.82) is 0 Å². The van der Waals surface area contributed by atoms with Gasteiger partial charge in [-0.05, 0) is 5.56 Å². The molecule has 156 valence electrons. The molecule has 12 nitrogen and oxygen atoms in total. The number of nitro groups is 2. The quantitative estimate of drug-likeness (QED) is 0.431. The van der Waals surface area contributed by atoms with Gasteiger partial charge >= 0.3 is 0 Å². The Kier molecular flexibility index (Phi) is 7.51. The van der Waals surface area contributed by atoms with Gasteiger partial charge in [-0.3, -0.25) is 45.5 Å². The van der Waals surface area contributed by atoms with Crippen LogP contribution in [-0.4, -0.2) is 27.6 Å². The minimum absolute atomic E-state index is 0.128. The number of hydrazine groups is 1. The van der Waals surface area contributed by atoms with Crippen molar-refractivity contribution in [1.82, 2.24) is 16.2 Å². The zero-order chi connectivity index (χ0) is 22.1. The van der Waals surface area contributed by atoms with Crippen molar-refractivity contribution in [3.05, 3.63) is 79.9 Å². The van der Waals surface area contributed by atoms with Gasteiger partial charge in [0, 0.05) is 31.5 Å². The number of hydrogen-bond acceptors (Lipinski definition) is 7. The first-order valence-corrected chi connectivity index (χ1v) is 8.60. The van der Waals surface area contributed by atoms with Crippen molar-refractivity contribution >= 4 is 29.1 Å². The highest BCUT2D eigenvalue weighted by molar-refractivity contribution is 5.96. The van der Waals surface area contributed by atoms with E-state index in [1.54, 1.807) is 0 Å². The number of hydrogen-bond donors (Lipinski definition) is 3. The average Bonchev–Trinajstić information content (AvgIpc) is 2.74. The molecule has 3 N–H and O–H groups in total. The number of benzene rings is 2. The molecule has 0 spiro atoms. The molecule has 0 aliphatic carbocycles. The highest BCUT2D eigenvalue weighted by Crippen LogP contribution is 2.22. The Morgan fingerprint density at radius 1 is 0.800 bits per heavy atom. The number of nitro benzene ring substituents is 2. The number of carbonyl (C=O) groups is 3. The van der Waals surface area contributed by atoms with Crippen molar-refractivity contribution in [3.8, 4) is 0 Å². The molecule has 0 radical (unpaired) electrons. The Morgan fingerprint density at radius 3 is 1.93 bits per heavy atom. The normalized spacial score (nSPS) is 10.0. The lowest BCUT2D eigenvalue weighted by atomic mass is 10.1. The smallest absolute Gasteiger partial charge is 0.277 e. The molecule has 0 saturated heterocycles. The van der Waals surface area contributed by atoms with E-state index < -0.39 is 33.0 Å². The molecule has 0 aliphatic heterocycles. The largest absolute Gasteiger partial charge is 0.352 e. The highest BCUT2D eigenvalue weighted by Gasteiger charge is 2.20. The predicted molar refractivity (Wildman–Crippen MR) is 103 cm³/mol. The fourth-order valence-electron chi connectivity index (χ4n) is 2.31. The highest BCUT2D eigenvalue weighted by atomic mass is 16.6. The maximum absolute atomic E-state index is 12.0. The lowest BCUT2D eigenvalue weighted by Gasteiger charge is -2.08. The second-order valence-corrected chi connectivity index (χ2v) is 6.02. The zero-order valence-electron chi connectivity index (χ0n) is 15.5. The monoisotopic (exact) mass is 415 g/mol. The number of rotatable bonds is 8. The molecule has 0 atom stereocenters. The molecule has 12 heteroatoms. The van der Waals surface area contributed by atoms with Crippen molar-refractivity contribution < 1.29 is 24.2 Å². The van der Waals surface area contributed by atoms with Crippen LogP contribution in [0.25, 0.3) is 0 Å². The average molecular weight is 415 g/mol. The molecular formula is C18H17N5O7. The van der Waals surface area contributed by atoms with Crippen LogP contribution in [0.3, 0.4) is 0 Å². The molecule has 0 fully saturated rings. The lowest BCUT2D eigenvalue weighted by molar-refractivity contribution is -0.394. The molecular weight excluding hydrogens is 398 g/mol. The summed E-state index contributed by atoms with van der Waals surface area (Å²) in [5.41, 5.74) is 3.28. The van der Waals surface area contributed by atoms with E-state index in [9.17, 15) is 34.6 Å². The van der Waals surface area contributed by atoms with E-state index >= 15 is 0 Å². The molecule has 0 saturated carbocycles. The van der Waals surface area contributed by atoms with Crippen LogP contribution in [0.15, 0.2) is 48.5 Å². The van der Waals surface area contributed by atoms with Crippen LogP contribution >= 0.6 is 0 Å². The number of nitrogens with zero attached hydrogens (tertiary/aromatic N) is 2. The molecule has 3 amide bonds. The molecule has 0 aromatic heterocycles. The Balaban J connectivity index is 1.82. The van der Waals surface area contributed by atoms with Crippen molar-refractivity contribution in [2.24, 2.45) is 0 Å². The van der Waals surface area contributed by atoms with Gasteiger partial charge in [0.15, 0.2) is 0 Å². The van der Waals surface area contributed by atoms with Crippen molar-refractivity contribution in [3.63, 3.8) is 0 Å². The maximum Gasteiger partial charge on any atom is 0.277 e. The summed E-state index contributed by atoms with van der Waals surface area (Å²) in [6.45, 7) is 0.309. The Hall–Kier alpha value is -4.35. The number of non-ortho nitro benzene ring substituents is 2. The zero-order valence-corrected chi connectivity index (χ0v) is 15.5. The summed E-state index contributed by atoms with van der Waals surface area (Å²) >= 11 is 0. The Bertz CT molecular complexity index is 946. The molecule has 0 aliphatic rings. The van der Waals surface area contributed by atoms with E-state index in [4.69, 9.17) is 0 Å². The Morgan fingerprint density at radius 2 is 1.37 bits per heavy atom. The third kappa shape index (κ3) is 6.67. The van der Waals surface area contributed by atoms with Crippen LogP contribution in [0.5, 0.6) is 0 Å². The Labute approximate surface area is 169 Å². The van der Waals surface area contributed by atoms with Gasteiger partial charge in [-0.15, -0.1) is 0 Å². The molecule has 2 aromatic carbocycles. The van der Waals surface area contributed by atoms with E-state index in [-0.39, 0.29) is 24.3 Å². The summed E-state index contributed by atoms with van der Waals surface area (Å²) < 4.78 is 0. The van der Waals surface area contributed by atoms with E-state index in [1.807, 2.05) is 41.2 Å². The van der Waals surface area contributed by atoms with Crippen LogP contribution in [0.1, 0.15) is 28.8 Å². The van der Waals surface area contributed by atoms with Gasteiger partial charge in [-0.1, -0.05) is 30.3 Å². The van der Waals surface area contributed by atoms with Gasteiger partial charge in [0.1, 0.15) is 0 Å². The minimum Gasteiger partial charge on any atom is -0.352 e. The van der Waals surface area contributed by atoms with Gasteiger partial charge in [-0.2, -0.15) is 0 Å². The fraction of sp³-hybridized carbons (Fsp3) is 0.167. The first kappa shape index (κ1) is 21.9. The standard InChI is InChI=1S/C18H17N5O7/c24-16(19-11-12-4-2-1-3-5-12)6-7-17(25)20-21-18(26)13-8-14(22(27)28)10-15(9-13)23(29)30/h1-5,8-10H,6-7,11H2,(H,19,24)(H,20,25)(H,21,26). The van der Waals surface area contributed by atoms with E-state index in [2.05, 4.69) is 5.32 Å². The third-order valence-electron chi connectivity index (χ3n) is 3.81. The van der Waals surface area contributed by atoms with Gasteiger partial charge < -0.3 is 5.32 Å². The van der Waals surface area contributed by atoms with Crippen molar-refractivity contribution in [2.45, 2.75) is 19.4 Å².